The fourth-order valence-electron chi connectivity index (χ4n) is 2.40. The van der Waals surface area contributed by atoms with Gasteiger partial charge in [-0.05, 0) is 31.2 Å². The summed E-state index contributed by atoms with van der Waals surface area (Å²) < 4.78 is 0. The molecule has 1 aromatic rings. The highest BCUT2D eigenvalue weighted by Gasteiger charge is 2.23. The molecule has 5 nitrogen and oxygen atoms in total. The molecule has 1 atom stereocenters. The molecule has 1 aliphatic rings. The first-order chi connectivity index (χ1) is 9.06. The molecule has 19 heavy (non-hydrogen) atoms. The maximum absolute atomic E-state index is 10.5. The van der Waals surface area contributed by atoms with Crippen LogP contribution in [0.1, 0.15) is 6.92 Å². The van der Waals surface area contributed by atoms with E-state index in [1.165, 1.54) is 0 Å². The molecule has 0 spiro atoms. The number of nitrogens with zero attached hydrogens (tertiary/aromatic N) is 3. The Hall–Kier alpha value is -1.33. The molecule has 1 heterocycles. The predicted octanol–water partition coefficient (Wildman–Crippen LogP) is 2.13. The number of anilines is 1. The van der Waals surface area contributed by atoms with E-state index in [2.05, 4.69) is 9.80 Å². The second-order valence-electron chi connectivity index (χ2n) is 4.86. The van der Waals surface area contributed by atoms with Crippen molar-refractivity contribution in [3.63, 3.8) is 0 Å². The molecule has 0 aromatic heterocycles. The highest BCUT2D eigenvalue weighted by molar-refractivity contribution is 6.30. The molecule has 0 bridgehead atoms. The summed E-state index contributed by atoms with van der Waals surface area (Å²) in [6.45, 7) is 5.43. The fourth-order valence-corrected chi connectivity index (χ4v) is 2.53. The summed E-state index contributed by atoms with van der Waals surface area (Å²) >= 11 is 5.87. The van der Waals surface area contributed by atoms with Crippen LogP contribution in [0.4, 0.5) is 5.69 Å². The second kappa shape index (κ2) is 6.21. The van der Waals surface area contributed by atoms with Gasteiger partial charge in [-0.2, -0.15) is 0 Å². The van der Waals surface area contributed by atoms with E-state index in [-0.39, 0.29) is 17.5 Å². The lowest BCUT2D eigenvalue weighted by Gasteiger charge is -2.38. The highest BCUT2D eigenvalue weighted by atomic mass is 35.5. The Kier molecular flexibility index (Phi) is 4.61. The van der Waals surface area contributed by atoms with E-state index >= 15 is 0 Å². The number of rotatable bonds is 4. The van der Waals surface area contributed by atoms with E-state index in [0.29, 0.717) is 0 Å². The molecule has 1 fully saturated rings. The summed E-state index contributed by atoms with van der Waals surface area (Å²) in [5, 5.41) is 11.3. The standard InChI is InChI=1S/C13H18ClN3O2/c1-11(10-17(18)19)15-6-8-16(9-7-15)13-4-2-12(14)3-5-13/h2-5,11H,6-10H2,1H3. The molecule has 2 rings (SSSR count). The van der Waals surface area contributed by atoms with Crippen molar-refractivity contribution < 1.29 is 4.92 Å². The van der Waals surface area contributed by atoms with Gasteiger partial charge in [0.2, 0.25) is 6.54 Å². The quantitative estimate of drug-likeness (QED) is 0.627. The topological polar surface area (TPSA) is 49.6 Å². The number of benzene rings is 1. The van der Waals surface area contributed by atoms with E-state index in [1.807, 2.05) is 31.2 Å². The SMILES string of the molecule is CC(C[N+](=O)[O-])N1CCN(c2ccc(Cl)cc2)CC1. The third-order valence-electron chi connectivity index (χ3n) is 3.54. The molecular formula is C13H18ClN3O2. The van der Waals surface area contributed by atoms with Crippen LogP contribution in [-0.2, 0) is 0 Å². The predicted molar refractivity (Wildman–Crippen MR) is 76.6 cm³/mol. The van der Waals surface area contributed by atoms with E-state index < -0.39 is 0 Å². The Labute approximate surface area is 117 Å². The van der Waals surface area contributed by atoms with Crippen molar-refractivity contribution in [1.29, 1.82) is 0 Å². The van der Waals surface area contributed by atoms with Gasteiger partial charge in [0.05, 0.1) is 6.04 Å². The number of hydrogen-bond donors (Lipinski definition) is 0. The second-order valence-corrected chi connectivity index (χ2v) is 5.30. The molecule has 104 valence electrons. The molecule has 1 unspecified atom stereocenters. The first-order valence-corrected chi connectivity index (χ1v) is 6.80. The Morgan fingerprint density at radius 2 is 1.84 bits per heavy atom. The van der Waals surface area contributed by atoms with Gasteiger partial charge in [0.15, 0.2) is 0 Å². The summed E-state index contributed by atoms with van der Waals surface area (Å²) in [6, 6.07) is 7.80. The number of piperazine rings is 1. The zero-order valence-corrected chi connectivity index (χ0v) is 11.7. The Morgan fingerprint density at radius 3 is 2.37 bits per heavy atom. The van der Waals surface area contributed by atoms with Gasteiger partial charge in [-0.25, -0.2) is 0 Å². The van der Waals surface area contributed by atoms with Crippen molar-refractivity contribution >= 4 is 17.3 Å². The highest BCUT2D eigenvalue weighted by Crippen LogP contribution is 2.19. The van der Waals surface area contributed by atoms with Gasteiger partial charge >= 0.3 is 0 Å². The van der Waals surface area contributed by atoms with E-state index in [4.69, 9.17) is 11.6 Å². The van der Waals surface area contributed by atoms with Crippen LogP contribution in [0.5, 0.6) is 0 Å². The molecular weight excluding hydrogens is 266 g/mol. The number of hydrogen-bond acceptors (Lipinski definition) is 4. The molecule has 0 N–H and O–H groups in total. The van der Waals surface area contributed by atoms with Gasteiger partial charge in [0, 0.05) is 41.8 Å². The molecule has 1 saturated heterocycles. The molecule has 1 aliphatic heterocycles. The van der Waals surface area contributed by atoms with Crippen LogP contribution in [0, 0.1) is 10.1 Å². The number of halogens is 1. The summed E-state index contributed by atoms with van der Waals surface area (Å²) in [4.78, 5) is 14.7. The average molecular weight is 284 g/mol. The van der Waals surface area contributed by atoms with Crippen molar-refractivity contribution in [3.8, 4) is 0 Å². The summed E-state index contributed by atoms with van der Waals surface area (Å²) in [6.07, 6.45) is 0. The van der Waals surface area contributed by atoms with Crippen molar-refractivity contribution in [3.05, 3.63) is 39.4 Å². The van der Waals surface area contributed by atoms with Gasteiger partial charge in [-0.15, -0.1) is 0 Å². The van der Waals surface area contributed by atoms with Crippen molar-refractivity contribution in [2.45, 2.75) is 13.0 Å². The lowest BCUT2D eigenvalue weighted by molar-refractivity contribution is -0.486. The largest absolute Gasteiger partial charge is 0.369 e. The van der Waals surface area contributed by atoms with Gasteiger partial charge < -0.3 is 4.90 Å². The van der Waals surface area contributed by atoms with Gasteiger partial charge in [0.25, 0.3) is 0 Å². The molecule has 0 radical (unpaired) electrons. The zero-order chi connectivity index (χ0) is 13.8. The van der Waals surface area contributed by atoms with Crippen LogP contribution >= 0.6 is 11.6 Å². The van der Waals surface area contributed by atoms with Gasteiger partial charge in [-0.1, -0.05) is 11.6 Å². The van der Waals surface area contributed by atoms with Crippen molar-refractivity contribution in [2.75, 3.05) is 37.6 Å². The minimum Gasteiger partial charge on any atom is -0.369 e. The zero-order valence-electron chi connectivity index (χ0n) is 11.0. The molecule has 6 heteroatoms. The first-order valence-electron chi connectivity index (χ1n) is 6.42. The smallest absolute Gasteiger partial charge is 0.218 e. The normalized spacial score (nSPS) is 18.3. The molecule has 0 aliphatic carbocycles. The molecule has 1 aromatic carbocycles. The summed E-state index contributed by atoms with van der Waals surface area (Å²) in [5.41, 5.74) is 1.16. The Balaban J connectivity index is 1.88. The van der Waals surface area contributed by atoms with Crippen LogP contribution in [0.15, 0.2) is 24.3 Å². The summed E-state index contributed by atoms with van der Waals surface area (Å²) in [7, 11) is 0. The van der Waals surface area contributed by atoms with Crippen LogP contribution in [-0.4, -0.2) is 48.6 Å². The molecule has 0 amide bonds. The van der Waals surface area contributed by atoms with Crippen molar-refractivity contribution in [1.82, 2.24) is 4.90 Å². The van der Waals surface area contributed by atoms with E-state index in [0.717, 1.165) is 36.9 Å². The monoisotopic (exact) mass is 283 g/mol. The van der Waals surface area contributed by atoms with Gasteiger partial charge in [-0.3, -0.25) is 15.0 Å². The lowest BCUT2D eigenvalue weighted by Crippen LogP contribution is -2.51. The molecule has 0 saturated carbocycles. The van der Waals surface area contributed by atoms with Crippen molar-refractivity contribution in [2.24, 2.45) is 0 Å². The average Bonchev–Trinajstić information content (AvgIpc) is 2.39. The maximum Gasteiger partial charge on any atom is 0.218 e. The Bertz CT molecular complexity index is 430. The van der Waals surface area contributed by atoms with Crippen LogP contribution in [0.25, 0.3) is 0 Å². The third kappa shape index (κ3) is 3.81. The minimum atomic E-state index is -0.240. The van der Waals surface area contributed by atoms with E-state index in [1.54, 1.807) is 0 Å². The number of nitro groups is 1. The fraction of sp³-hybridized carbons (Fsp3) is 0.538. The lowest BCUT2D eigenvalue weighted by atomic mass is 10.2. The minimum absolute atomic E-state index is 0.00219. The van der Waals surface area contributed by atoms with Crippen LogP contribution in [0.3, 0.4) is 0 Å². The first kappa shape index (κ1) is 14.1. The summed E-state index contributed by atoms with van der Waals surface area (Å²) in [5.74, 6) is 0. The maximum atomic E-state index is 10.5. The van der Waals surface area contributed by atoms with Crippen LogP contribution in [0.2, 0.25) is 5.02 Å². The Morgan fingerprint density at radius 1 is 1.26 bits per heavy atom. The van der Waals surface area contributed by atoms with Gasteiger partial charge in [0.1, 0.15) is 0 Å². The third-order valence-corrected chi connectivity index (χ3v) is 3.79. The van der Waals surface area contributed by atoms with E-state index in [9.17, 15) is 10.1 Å². The van der Waals surface area contributed by atoms with Crippen LogP contribution < -0.4 is 4.90 Å².